The second kappa shape index (κ2) is 7.42. The van der Waals surface area contributed by atoms with E-state index in [0.717, 1.165) is 4.90 Å². The molecule has 1 aliphatic rings. The Labute approximate surface area is 160 Å². The van der Waals surface area contributed by atoms with Gasteiger partial charge < -0.3 is 4.90 Å². The van der Waals surface area contributed by atoms with Gasteiger partial charge >= 0.3 is 0 Å². The maximum absolute atomic E-state index is 13.1. The number of hydrogen-bond donors (Lipinski definition) is 0. The van der Waals surface area contributed by atoms with Gasteiger partial charge in [-0.25, -0.2) is 19.3 Å². The van der Waals surface area contributed by atoms with Gasteiger partial charge in [-0.15, -0.1) is 0 Å². The molecule has 3 aromatic rings. The molecule has 26 heavy (non-hydrogen) atoms. The third kappa shape index (κ3) is 3.65. The van der Waals surface area contributed by atoms with Gasteiger partial charge in [-0.1, -0.05) is 11.8 Å². The Kier molecular flexibility index (Phi) is 5.01. The quantitative estimate of drug-likeness (QED) is 0.486. The Morgan fingerprint density at radius 2 is 1.81 bits per heavy atom. The molecule has 0 unspecified atom stereocenters. The fourth-order valence-corrected chi connectivity index (χ4v) is 4.69. The van der Waals surface area contributed by atoms with Gasteiger partial charge in [-0.2, -0.15) is 4.98 Å². The number of hydrogen-bond acceptors (Lipinski definition) is 7. The average molecular weight is 410 g/mol. The van der Waals surface area contributed by atoms with Crippen molar-refractivity contribution < 1.29 is 8.60 Å². The van der Waals surface area contributed by atoms with E-state index in [0.29, 0.717) is 46.5 Å². The first-order valence-electron chi connectivity index (χ1n) is 7.82. The van der Waals surface area contributed by atoms with Crippen LogP contribution < -0.4 is 4.90 Å². The van der Waals surface area contributed by atoms with Crippen molar-refractivity contribution in [3.63, 3.8) is 0 Å². The number of fused-ring (bicyclic) bond motifs is 1. The molecule has 0 amide bonds. The Morgan fingerprint density at radius 1 is 1.08 bits per heavy atom. The van der Waals surface area contributed by atoms with Crippen LogP contribution in [0, 0.1) is 5.82 Å². The Morgan fingerprint density at radius 3 is 2.54 bits per heavy atom. The van der Waals surface area contributed by atoms with Crippen LogP contribution >= 0.6 is 23.4 Å². The maximum atomic E-state index is 13.1. The number of nitrogens with zero attached hydrogens (tertiary/aromatic N) is 5. The predicted molar refractivity (Wildman–Crippen MR) is 101 cm³/mol. The molecule has 0 saturated carbocycles. The first-order chi connectivity index (χ1) is 12.6. The lowest BCUT2D eigenvalue weighted by Gasteiger charge is -2.27. The minimum absolute atomic E-state index is 0.106. The number of aromatic nitrogens is 4. The molecule has 2 aromatic heterocycles. The molecule has 0 N–H and O–H groups in total. The summed E-state index contributed by atoms with van der Waals surface area (Å²) in [5.74, 6) is 1.51. The van der Waals surface area contributed by atoms with Crippen LogP contribution in [-0.2, 0) is 10.8 Å². The van der Waals surface area contributed by atoms with E-state index in [4.69, 9.17) is 11.6 Å². The van der Waals surface area contributed by atoms with Crippen molar-refractivity contribution >= 4 is 51.0 Å². The van der Waals surface area contributed by atoms with E-state index in [-0.39, 0.29) is 11.1 Å². The molecular formula is C16H13ClFN5OS2. The van der Waals surface area contributed by atoms with Crippen LogP contribution in [0.5, 0.6) is 0 Å². The summed E-state index contributed by atoms with van der Waals surface area (Å²) in [4.78, 5) is 20.2. The zero-order chi connectivity index (χ0) is 18.1. The van der Waals surface area contributed by atoms with Gasteiger partial charge in [0.05, 0.1) is 0 Å². The molecule has 0 aliphatic carbocycles. The van der Waals surface area contributed by atoms with Crippen molar-refractivity contribution in [2.45, 2.75) is 9.92 Å². The molecule has 6 nitrogen and oxygen atoms in total. The van der Waals surface area contributed by atoms with Crippen molar-refractivity contribution in [2.75, 3.05) is 29.5 Å². The highest BCUT2D eigenvalue weighted by molar-refractivity contribution is 7.99. The first kappa shape index (κ1) is 17.6. The van der Waals surface area contributed by atoms with Gasteiger partial charge in [-0.05, 0) is 35.9 Å². The Balaban J connectivity index is 1.76. The number of halogens is 2. The minimum atomic E-state index is -0.792. The molecule has 1 aromatic carbocycles. The predicted octanol–water partition coefficient (Wildman–Crippen LogP) is 2.93. The van der Waals surface area contributed by atoms with Crippen molar-refractivity contribution in [2.24, 2.45) is 0 Å². The van der Waals surface area contributed by atoms with Crippen LogP contribution in [0.25, 0.3) is 11.0 Å². The SMILES string of the molecule is O=S1CCN(c2nc(Cl)nc3c(Sc4ccc(F)cc4)ncnc23)CC1. The van der Waals surface area contributed by atoms with Gasteiger partial charge in [-0.3, -0.25) is 4.21 Å². The zero-order valence-electron chi connectivity index (χ0n) is 13.4. The highest BCUT2D eigenvalue weighted by Crippen LogP contribution is 2.33. The van der Waals surface area contributed by atoms with E-state index >= 15 is 0 Å². The standard InChI is InChI=1S/C16H13ClFN5OS2/c17-16-21-13-12(14(22-16)23-5-7-26(24)8-6-23)19-9-20-15(13)25-11-3-1-10(18)2-4-11/h1-4,9H,5-8H2. The fourth-order valence-electron chi connectivity index (χ4n) is 2.64. The molecule has 134 valence electrons. The molecule has 10 heteroatoms. The van der Waals surface area contributed by atoms with Crippen LogP contribution in [-0.4, -0.2) is 48.7 Å². The Bertz CT molecular complexity index is 978. The second-order valence-corrected chi connectivity index (χ2v) is 8.68. The maximum Gasteiger partial charge on any atom is 0.225 e. The molecule has 0 bridgehead atoms. The van der Waals surface area contributed by atoms with Crippen LogP contribution in [0.1, 0.15) is 0 Å². The molecular weight excluding hydrogens is 397 g/mol. The third-order valence-electron chi connectivity index (χ3n) is 3.91. The summed E-state index contributed by atoms with van der Waals surface area (Å²) in [6, 6.07) is 6.15. The molecule has 1 aliphatic heterocycles. The van der Waals surface area contributed by atoms with E-state index in [1.807, 2.05) is 4.90 Å². The van der Waals surface area contributed by atoms with Gasteiger partial charge in [0.2, 0.25) is 5.28 Å². The lowest BCUT2D eigenvalue weighted by molar-refractivity contribution is 0.626. The lowest BCUT2D eigenvalue weighted by atomic mass is 10.3. The normalized spacial score (nSPS) is 15.5. The van der Waals surface area contributed by atoms with E-state index in [1.54, 1.807) is 12.1 Å². The molecule has 0 spiro atoms. The van der Waals surface area contributed by atoms with E-state index in [9.17, 15) is 8.60 Å². The summed E-state index contributed by atoms with van der Waals surface area (Å²) >= 11 is 7.50. The highest BCUT2D eigenvalue weighted by atomic mass is 35.5. The van der Waals surface area contributed by atoms with Gasteiger partial charge in [0.25, 0.3) is 0 Å². The summed E-state index contributed by atoms with van der Waals surface area (Å²) in [5.41, 5.74) is 1.14. The second-order valence-electron chi connectivity index (χ2n) is 5.58. The van der Waals surface area contributed by atoms with Crippen molar-refractivity contribution in [3.8, 4) is 0 Å². The lowest BCUT2D eigenvalue weighted by Crippen LogP contribution is -2.38. The molecule has 4 rings (SSSR count). The molecule has 1 saturated heterocycles. The monoisotopic (exact) mass is 409 g/mol. The third-order valence-corrected chi connectivity index (χ3v) is 6.35. The largest absolute Gasteiger partial charge is 0.353 e. The number of anilines is 1. The minimum Gasteiger partial charge on any atom is -0.353 e. The van der Waals surface area contributed by atoms with Gasteiger partial charge in [0.15, 0.2) is 5.82 Å². The summed E-state index contributed by atoms with van der Waals surface area (Å²) < 4.78 is 24.7. The van der Waals surface area contributed by atoms with Crippen LogP contribution in [0.4, 0.5) is 10.2 Å². The zero-order valence-corrected chi connectivity index (χ0v) is 15.8. The van der Waals surface area contributed by atoms with Gasteiger partial charge in [0.1, 0.15) is 28.2 Å². The molecule has 0 atom stereocenters. The van der Waals surface area contributed by atoms with E-state index in [2.05, 4.69) is 19.9 Å². The number of benzene rings is 1. The Hall–Kier alpha value is -1.84. The van der Waals surface area contributed by atoms with Crippen LogP contribution in [0.3, 0.4) is 0 Å². The van der Waals surface area contributed by atoms with E-state index < -0.39 is 10.8 Å². The summed E-state index contributed by atoms with van der Waals surface area (Å²) in [6.45, 7) is 1.25. The molecule has 3 heterocycles. The summed E-state index contributed by atoms with van der Waals surface area (Å²) in [5, 5.41) is 0.725. The van der Waals surface area contributed by atoms with Crippen molar-refractivity contribution in [1.82, 2.24) is 19.9 Å². The summed E-state index contributed by atoms with van der Waals surface area (Å²) in [6.07, 6.45) is 1.46. The van der Waals surface area contributed by atoms with Crippen LogP contribution in [0.15, 0.2) is 40.5 Å². The average Bonchev–Trinajstić information content (AvgIpc) is 2.64. The molecule has 0 radical (unpaired) electrons. The van der Waals surface area contributed by atoms with Gasteiger partial charge in [0, 0.05) is 40.3 Å². The van der Waals surface area contributed by atoms with Crippen LogP contribution in [0.2, 0.25) is 5.28 Å². The number of rotatable bonds is 3. The summed E-state index contributed by atoms with van der Waals surface area (Å²) in [7, 11) is -0.792. The van der Waals surface area contributed by atoms with E-state index in [1.165, 1.54) is 30.2 Å². The molecule has 1 fully saturated rings. The smallest absolute Gasteiger partial charge is 0.225 e. The van der Waals surface area contributed by atoms with Crippen molar-refractivity contribution in [1.29, 1.82) is 0 Å². The first-order valence-corrected chi connectivity index (χ1v) is 10.5. The van der Waals surface area contributed by atoms with Crippen molar-refractivity contribution in [3.05, 3.63) is 41.7 Å². The highest BCUT2D eigenvalue weighted by Gasteiger charge is 2.22. The fraction of sp³-hybridized carbons (Fsp3) is 0.250. The topological polar surface area (TPSA) is 71.9 Å².